The van der Waals surface area contributed by atoms with Crippen molar-refractivity contribution in [2.75, 3.05) is 4.90 Å². The van der Waals surface area contributed by atoms with Gasteiger partial charge >= 0.3 is 6.18 Å². The maximum atomic E-state index is 13.3. The predicted molar refractivity (Wildman–Crippen MR) is 119 cm³/mol. The number of hydrogen-bond acceptors (Lipinski definition) is 3. The van der Waals surface area contributed by atoms with Crippen LogP contribution in [0.1, 0.15) is 33.9 Å². The molecule has 1 N–H and O–H groups in total. The number of Topliss-reactive ketones (excluding diaryl/α,β-unsaturated/α-hetero) is 1. The van der Waals surface area contributed by atoms with Gasteiger partial charge in [0.1, 0.15) is 5.76 Å². The minimum Gasteiger partial charge on any atom is -0.507 e. The maximum absolute atomic E-state index is 13.3. The Kier molecular flexibility index (Phi) is 5.57. The number of aliphatic hydroxyl groups is 1. The van der Waals surface area contributed by atoms with Gasteiger partial charge in [0.05, 0.1) is 17.2 Å². The highest BCUT2D eigenvalue weighted by Crippen LogP contribution is 2.43. The number of halogens is 3. The van der Waals surface area contributed by atoms with Crippen molar-refractivity contribution in [2.45, 2.75) is 26.1 Å². The Bertz CT molecular complexity index is 1260. The van der Waals surface area contributed by atoms with Crippen LogP contribution in [0.25, 0.3) is 5.76 Å². The Balaban J connectivity index is 1.94. The Hall–Kier alpha value is -3.87. The lowest BCUT2D eigenvalue weighted by Crippen LogP contribution is -2.29. The topological polar surface area (TPSA) is 57.6 Å². The molecule has 0 unspecified atom stereocenters. The molecular formula is C26H20F3NO3. The fourth-order valence-electron chi connectivity index (χ4n) is 3.86. The normalized spacial score (nSPS) is 18.1. The van der Waals surface area contributed by atoms with Crippen molar-refractivity contribution in [2.24, 2.45) is 0 Å². The molecule has 1 heterocycles. The Morgan fingerprint density at radius 3 is 2.03 bits per heavy atom. The standard InChI is InChI=1S/C26H20F3NO3/c1-15-6-10-17(11-7-15)22-21(23(31)18-12-8-16(2)9-13-18)24(32)25(33)30(22)20-5-3-4-19(14-20)26(27,28)29/h3-14,22,31H,1-2H3/t22-/m1/s1. The van der Waals surface area contributed by atoms with Crippen LogP contribution in [0.5, 0.6) is 0 Å². The van der Waals surface area contributed by atoms with Crippen LogP contribution in [0.3, 0.4) is 0 Å². The fourth-order valence-corrected chi connectivity index (χ4v) is 3.86. The van der Waals surface area contributed by atoms with Crippen LogP contribution in [0.15, 0.2) is 78.4 Å². The van der Waals surface area contributed by atoms with E-state index in [9.17, 15) is 27.9 Å². The summed E-state index contributed by atoms with van der Waals surface area (Å²) in [6.07, 6.45) is -4.62. The minimum atomic E-state index is -4.62. The lowest BCUT2D eigenvalue weighted by atomic mass is 9.94. The van der Waals surface area contributed by atoms with Crippen molar-refractivity contribution in [3.05, 3.63) is 106 Å². The van der Waals surface area contributed by atoms with Crippen molar-refractivity contribution in [3.63, 3.8) is 0 Å². The van der Waals surface area contributed by atoms with Crippen LogP contribution in [0.2, 0.25) is 0 Å². The Labute approximate surface area is 188 Å². The number of ketones is 1. The molecule has 0 bridgehead atoms. The highest BCUT2D eigenvalue weighted by atomic mass is 19.4. The molecule has 3 aromatic carbocycles. The van der Waals surface area contributed by atoms with Gasteiger partial charge in [-0.2, -0.15) is 13.2 Å². The molecule has 1 amide bonds. The third-order valence-electron chi connectivity index (χ3n) is 5.61. The predicted octanol–water partition coefficient (Wildman–Crippen LogP) is 5.95. The summed E-state index contributed by atoms with van der Waals surface area (Å²) in [5.74, 6) is -2.35. The molecule has 0 aromatic heterocycles. The van der Waals surface area contributed by atoms with Crippen LogP contribution in [-0.2, 0) is 15.8 Å². The minimum absolute atomic E-state index is 0.0829. The first kappa shape index (κ1) is 22.3. The second-order valence-corrected chi connectivity index (χ2v) is 7.99. The van der Waals surface area contributed by atoms with E-state index in [2.05, 4.69) is 0 Å². The first-order chi connectivity index (χ1) is 15.6. The molecule has 33 heavy (non-hydrogen) atoms. The molecule has 1 fully saturated rings. The summed E-state index contributed by atoms with van der Waals surface area (Å²) in [5, 5.41) is 11.0. The van der Waals surface area contributed by atoms with E-state index in [1.165, 1.54) is 12.1 Å². The summed E-state index contributed by atoms with van der Waals surface area (Å²) in [6, 6.07) is 16.8. The zero-order chi connectivity index (χ0) is 23.9. The van der Waals surface area contributed by atoms with E-state index in [1.807, 2.05) is 13.8 Å². The number of carbonyl (C=O) groups is 2. The van der Waals surface area contributed by atoms with Gasteiger partial charge in [-0.25, -0.2) is 0 Å². The average molecular weight is 451 g/mol. The quantitative estimate of drug-likeness (QED) is 0.304. The van der Waals surface area contributed by atoms with Crippen LogP contribution in [-0.4, -0.2) is 16.8 Å². The molecule has 4 rings (SSSR count). The van der Waals surface area contributed by atoms with Gasteiger partial charge in [0.15, 0.2) is 0 Å². The fraction of sp³-hybridized carbons (Fsp3) is 0.154. The van der Waals surface area contributed by atoms with Crippen molar-refractivity contribution >= 4 is 23.1 Å². The van der Waals surface area contributed by atoms with E-state index in [0.717, 1.165) is 28.2 Å². The van der Waals surface area contributed by atoms with E-state index >= 15 is 0 Å². The Morgan fingerprint density at radius 2 is 1.45 bits per heavy atom. The molecule has 7 heteroatoms. The number of hydrogen-bond donors (Lipinski definition) is 1. The monoisotopic (exact) mass is 451 g/mol. The molecule has 1 atom stereocenters. The number of benzene rings is 3. The zero-order valence-electron chi connectivity index (χ0n) is 17.9. The van der Waals surface area contributed by atoms with E-state index in [4.69, 9.17) is 0 Å². The number of aliphatic hydroxyl groups excluding tert-OH is 1. The number of anilines is 1. The van der Waals surface area contributed by atoms with Gasteiger partial charge in [-0.1, -0.05) is 65.7 Å². The van der Waals surface area contributed by atoms with E-state index < -0.39 is 29.5 Å². The third-order valence-corrected chi connectivity index (χ3v) is 5.61. The molecule has 1 aliphatic rings. The van der Waals surface area contributed by atoms with E-state index in [0.29, 0.717) is 11.1 Å². The van der Waals surface area contributed by atoms with Crippen LogP contribution in [0, 0.1) is 13.8 Å². The largest absolute Gasteiger partial charge is 0.507 e. The summed E-state index contributed by atoms with van der Waals surface area (Å²) in [7, 11) is 0. The van der Waals surface area contributed by atoms with Gasteiger partial charge in [0.25, 0.3) is 11.7 Å². The second-order valence-electron chi connectivity index (χ2n) is 7.99. The van der Waals surface area contributed by atoms with Gasteiger partial charge in [-0.15, -0.1) is 0 Å². The summed E-state index contributed by atoms with van der Waals surface area (Å²) in [5.41, 5.74) is 1.48. The number of amides is 1. The molecule has 0 aliphatic carbocycles. The van der Waals surface area contributed by atoms with Gasteiger partial charge in [0, 0.05) is 11.3 Å². The number of nitrogens with zero attached hydrogens (tertiary/aromatic N) is 1. The molecule has 0 radical (unpaired) electrons. The summed E-state index contributed by atoms with van der Waals surface area (Å²) < 4.78 is 40.0. The molecule has 4 nitrogen and oxygen atoms in total. The number of rotatable bonds is 3. The third kappa shape index (κ3) is 4.14. The van der Waals surface area contributed by atoms with Crippen molar-refractivity contribution in [1.82, 2.24) is 0 Å². The molecule has 0 spiro atoms. The lowest BCUT2D eigenvalue weighted by Gasteiger charge is -2.26. The first-order valence-corrected chi connectivity index (χ1v) is 10.2. The Morgan fingerprint density at radius 1 is 0.879 bits per heavy atom. The molecule has 3 aromatic rings. The highest BCUT2D eigenvalue weighted by Gasteiger charge is 2.47. The average Bonchev–Trinajstić information content (AvgIpc) is 3.04. The number of aryl methyl sites for hydroxylation is 2. The molecule has 1 saturated heterocycles. The zero-order valence-corrected chi connectivity index (χ0v) is 17.9. The lowest BCUT2D eigenvalue weighted by molar-refractivity contribution is -0.137. The smallest absolute Gasteiger partial charge is 0.416 e. The summed E-state index contributed by atoms with van der Waals surface area (Å²) >= 11 is 0. The molecular weight excluding hydrogens is 431 g/mol. The van der Waals surface area contributed by atoms with Crippen LogP contribution in [0.4, 0.5) is 18.9 Å². The van der Waals surface area contributed by atoms with Gasteiger partial charge in [-0.05, 0) is 37.6 Å². The van der Waals surface area contributed by atoms with Crippen molar-refractivity contribution in [1.29, 1.82) is 0 Å². The van der Waals surface area contributed by atoms with Crippen molar-refractivity contribution < 1.29 is 27.9 Å². The highest BCUT2D eigenvalue weighted by molar-refractivity contribution is 6.51. The summed E-state index contributed by atoms with van der Waals surface area (Å²) in [4.78, 5) is 27.2. The number of carbonyl (C=O) groups excluding carboxylic acids is 2. The van der Waals surface area contributed by atoms with Gasteiger partial charge in [-0.3, -0.25) is 14.5 Å². The van der Waals surface area contributed by atoms with Gasteiger partial charge in [0.2, 0.25) is 0 Å². The van der Waals surface area contributed by atoms with Crippen molar-refractivity contribution in [3.8, 4) is 0 Å². The van der Waals surface area contributed by atoms with E-state index in [1.54, 1.807) is 48.5 Å². The number of alkyl halides is 3. The van der Waals surface area contributed by atoms with Crippen LogP contribution < -0.4 is 4.90 Å². The SMILES string of the molecule is Cc1ccc(C(O)=C2C(=O)C(=O)N(c3cccc(C(F)(F)F)c3)[C@@H]2c2ccc(C)cc2)cc1. The molecule has 1 aliphatic heterocycles. The van der Waals surface area contributed by atoms with E-state index in [-0.39, 0.29) is 17.0 Å². The van der Waals surface area contributed by atoms with Crippen LogP contribution >= 0.6 is 0 Å². The molecule has 168 valence electrons. The molecule has 0 saturated carbocycles. The summed E-state index contributed by atoms with van der Waals surface area (Å²) in [6.45, 7) is 3.72. The first-order valence-electron chi connectivity index (χ1n) is 10.2. The van der Waals surface area contributed by atoms with Gasteiger partial charge < -0.3 is 5.11 Å². The maximum Gasteiger partial charge on any atom is 0.416 e. The second kappa shape index (κ2) is 8.24.